The predicted molar refractivity (Wildman–Crippen MR) is 103 cm³/mol. The van der Waals surface area contributed by atoms with Crippen molar-refractivity contribution in [3.63, 3.8) is 0 Å². The molecule has 0 amide bonds. The first-order valence-corrected chi connectivity index (χ1v) is 8.76. The number of aromatic nitrogens is 1. The summed E-state index contributed by atoms with van der Waals surface area (Å²) in [5.41, 5.74) is 9.53. The molecule has 3 aromatic carbocycles. The lowest BCUT2D eigenvalue weighted by molar-refractivity contribution is 0.637. The van der Waals surface area contributed by atoms with Crippen LogP contribution in [-0.4, -0.2) is 11.5 Å². The van der Waals surface area contributed by atoms with Crippen molar-refractivity contribution in [3.05, 3.63) is 72.0 Å². The Labute approximate surface area is 146 Å². The number of aryl methyl sites for hydroxylation is 1. The number of benzene rings is 3. The van der Waals surface area contributed by atoms with Gasteiger partial charge >= 0.3 is 0 Å². The average Bonchev–Trinajstić information content (AvgIpc) is 3.02. The SMILES string of the molecule is NCCCCc1c(-c2ccc3ccccc3c2)[nH]c2c(F)cccc12. The Morgan fingerprint density at radius 2 is 1.72 bits per heavy atom. The van der Waals surface area contributed by atoms with Crippen molar-refractivity contribution >= 4 is 21.7 Å². The van der Waals surface area contributed by atoms with Gasteiger partial charge in [0.2, 0.25) is 0 Å². The summed E-state index contributed by atoms with van der Waals surface area (Å²) in [4.78, 5) is 3.33. The molecule has 0 atom stereocenters. The van der Waals surface area contributed by atoms with Gasteiger partial charge in [-0.25, -0.2) is 4.39 Å². The monoisotopic (exact) mass is 332 g/mol. The number of nitrogens with one attached hydrogen (secondary N) is 1. The second-order valence-electron chi connectivity index (χ2n) is 6.45. The molecule has 0 aliphatic heterocycles. The number of H-pyrrole nitrogens is 1. The van der Waals surface area contributed by atoms with Gasteiger partial charge in [0.25, 0.3) is 0 Å². The van der Waals surface area contributed by atoms with Crippen LogP contribution in [0.1, 0.15) is 18.4 Å². The summed E-state index contributed by atoms with van der Waals surface area (Å²) in [6.45, 7) is 0.683. The van der Waals surface area contributed by atoms with Crippen LogP contribution in [0.2, 0.25) is 0 Å². The normalized spacial score (nSPS) is 11.4. The van der Waals surface area contributed by atoms with Crippen molar-refractivity contribution in [2.24, 2.45) is 5.73 Å². The fourth-order valence-electron chi connectivity index (χ4n) is 3.53. The molecule has 1 aromatic heterocycles. The standard InChI is InChI=1S/C22H21FN2/c23-20-10-5-9-19-18(8-3-4-13-24)21(25-22(19)20)17-12-11-15-6-1-2-7-16(15)14-17/h1-2,5-7,9-12,14,25H,3-4,8,13,24H2. The topological polar surface area (TPSA) is 41.8 Å². The molecule has 0 spiro atoms. The molecule has 3 N–H and O–H groups in total. The van der Waals surface area contributed by atoms with Gasteiger partial charge in [-0.3, -0.25) is 0 Å². The minimum Gasteiger partial charge on any atom is -0.352 e. The van der Waals surface area contributed by atoms with Crippen molar-refractivity contribution in [2.45, 2.75) is 19.3 Å². The zero-order valence-electron chi connectivity index (χ0n) is 14.1. The van der Waals surface area contributed by atoms with Crippen molar-refractivity contribution in [2.75, 3.05) is 6.54 Å². The lowest BCUT2D eigenvalue weighted by atomic mass is 9.98. The molecule has 0 fully saturated rings. The maximum absolute atomic E-state index is 14.3. The number of para-hydroxylation sites is 1. The zero-order chi connectivity index (χ0) is 17.2. The van der Waals surface area contributed by atoms with Gasteiger partial charge in [0.1, 0.15) is 5.82 Å². The van der Waals surface area contributed by atoms with E-state index in [-0.39, 0.29) is 5.82 Å². The van der Waals surface area contributed by atoms with Crippen LogP contribution >= 0.6 is 0 Å². The summed E-state index contributed by atoms with van der Waals surface area (Å²) < 4.78 is 14.3. The van der Waals surface area contributed by atoms with E-state index in [0.717, 1.165) is 35.9 Å². The molecular formula is C22H21FN2. The molecular weight excluding hydrogens is 311 g/mol. The van der Waals surface area contributed by atoms with E-state index in [1.807, 2.05) is 18.2 Å². The summed E-state index contributed by atoms with van der Waals surface area (Å²) in [5.74, 6) is -0.204. The number of hydrogen-bond acceptors (Lipinski definition) is 1. The molecule has 0 aliphatic carbocycles. The van der Waals surface area contributed by atoms with Gasteiger partial charge in [-0.05, 0) is 59.8 Å². The van der Waals surface area contributed by atoms with E-state index >= 15 is 0 Å². The van der Waals surface area contributed by atoms with Crippen LogP contribution in [0.3, 0.4) is 0 Å². The summed E-state index contributed by atoms with van der Waals surface area (Å²) in [6, 6.07) is 20.0. The molecule has 2 nitrogen and oxygen atoms in total. The first-order valence-electron chi connectivity index (χ1n) is 8.76. The Bertz CT molecular complexity index is 1030. The minimum atomic E-state index is -0.204. The van der Waals surface area contributed by atoms with Crippen molar-refractivity contribution < 1.29 is 4.39 Å². The maximum Gasteiger partial charge on any atom is 0.147 e. The Hall–Kier alpha value is -2.65. The molecule has 0 unspecified atom stereocenters. The van der Waals surface area contributed by atoms with E-state index in [1.54, 1.807) is 6.07 Å². The fourth-order valence-corrected chi connectivity index (χ4v) is 3.53. The number of unbranched alkanes of at least 4 members (excludes halogenated alkanes) is 1. The number of rotatable bonds is 5. The fraction of sp³-hybridized carbons (Fsp3) is 0.182. The third kappa shape index (κ3) is 2.92. The van der Waals surface area contributed by atoms with Crippen LogP contribution in [0.15, 0.2) is 60.7 Å². The third-order valence-electron chi connectivity index (χ3n) is 4.81. The van der Waals surface area contributed by atoms with Crippen LogP contribution < -0.4 is 5.73 Å². The maximum atomic E-state index is 14.3. The van der Waals surface area contributed by atoms with E-state index in [1.165, 1.54) is 22.4 Å². The van der Waals surface area contributed by atoms with Crippen LogP contribution in [0.4, 0.5) is 4.39 Å². The van der Waals surface area contributed by atoms with E-state index < -0.39 is 0 Å². The smallest absolute Gasteiger partial charge is 0.147 e. The highest BCUT2D eigenvalue weighted by atomic mass is 19.1. The average molecular weight is 332 g/mol. The zero-order valence-corrected chi connectivity index (χ0v) is 14.1. The molecule has 4 rings (SSSR count). The largest absolute Gasteiger partial charge is 0.352 e. The predicted octanol–water partition coefficient (Wildman–Crippen LogP) is 5.41. The van der Waals surface area contributed by atoms with Crippen LogP contribution in [0, 0.1) is 5.82 Å². The van der Waals surface area contributed by atoms with Gasteiger partial charge < -0.3 is 10.7 Å². The number of hydrogen-bond donors (Lipinski definition) is 2. The molecule has 0 aliphatic rings. The second kappa shape index (κ2) is 6.69. The lowest BCUT2D eigenvalue weighted by Crippen LogP contribution is -1.99. The van der Waals surface area contributed by atoms with Crippen LogP contribution in [0.5, 0.6) is 0 Å². The lowest BCUT2D eigenvalue weighted by Gasteiger charge is -2.07. The van der Waals surface area contributed by atoms with Gasteiger partial charge in [-0.15, -0.1) is 0 Å². The van der Waals surface area contributed by atoms with E-state index in [4.69, 9.17) is 5.73 Å². The summed E-state index contributed by atoms with van der Waals surface area (Å²) in [6.07, 6.45) is 2.86. The highest BCUT2D eigenvalue weighted by molar-refractivity contribution is 5.94. The Morgan fingerprint density at radius 3 is 2.56 bits per heavy atom. The number of halogens is 1. The Balaban J connectivity index is 1.89. The molecule has 0 saturated carbocycles. The molecule has 4 aromatic rings. The van der Waals surface area contributed by atoms with E-state index in [2.05, 4.69) is 35.3 Å². The summed E-state index contributed by atoms with van der Waals surface area (Å²) in [7, 11) is 0. The molecule has 0 radical (unpaired) electrons. The van der Waals surface area contributed by atoms with Crippen molar-refractivity contribution in [3.8, 4) is 11.3 Å². The third-order valence-corrected chi connectivity index (χ3v) is 4.81. The van der Waals surface area contributed by atoms with Gasteiger partial charge in [-0.2, -0.15) is 0 Å². The molecule has 126 valence electrons. The molecule has 0 bridgehead atoms. The van der Waals surface area contributed by atoms with Crippen molar-refractivity contribution in [1.82, 2.24) is 4.98 Å². The number of fused-ring (bicyclic) bond motifs is 2. The quantitative estimate of drug-likeness (QED) is 0.472. The number of aromatic amines is 1. The van der Waals surface area contributed by atoms with Gasteiger partial charge in [-0.1, -0.05) is 48.5 Å². The Morgan fingerprint density at radius 1 is 0.880 bits per heavy atom. The van der Waals surface area contributed by atoms with E-state index in [9.17, 15) is 4.39 Å². The second-order valence-corrected chi connectivity index (χ2v) is 6.45. The van der Waals surface area contributed by atoms with E-state index in [0.29, 0.717) is 12.1 Å². The first-order chi connectivity index (χ1) is 12.3. The molecule has 0 saturated heterocycles. The Kier molecular flexibility index (Phi) is 4.24. The van der Waals surface area contributed by atoms with Gasteiger partial charge in [0, 0.05) is 11.1 Å². The minimum absolute atomic E-state index is 0.204. The highest BCUT2D eigenvalue weighted by Gasteiger charge is 2.15. The van der Waals surface area contributed by atoms with Gasteiger partial charge in [0.05, 0.1) is 5.52 Å². The first kappa shape index (κ1) is 15.9. The number of nitrogens with two attached hydrogens (primary N) is 1. The molecule has 1 heterocycles. The molecule has 25 heavy (non-hydrogen) atoms. The van der Waals surface area contributed by atoms with Crippen LogP contribution in [-0.2, 0) is 6.42 Å². The van der Waals surface area contributed by atoms with Crippen molar-refractivity contribution in [1.29, 1.82) is 0 Å². The van der Waals surface area contributed by atoms with Crippen LogP contribution in [0.25, 0.3) is 32.9 Å². The van der Waals surface area contributed by atoms with Gasteiger partial charge in [0.15, 0.2) is 0 Å². The highest BCUT2D eigenvalue weighted by Crippen LogP contribution is 2.34. The summed E-state index contributed by atoms with van der Waals surface area (Å²) >= 11 is 0. The molecule has 3 heteroatoms. The summed E-state index contributed by atoms with van der Waals surface area (Å²) in [5, 5.41) is 3.37.